The summed E-state index contributed by atoms with van der Waals surface area (Å²) in [6.45, 7) is 7.80. The highest BCUT2D eigenvalue weighted by molar-refractivity contribution is 8.00. The second-order valence-corrected chi connectivity index (χ2v) is 8.00. The zero-order chi connectivity index (χ0) is 19.6. The van der Waals surface area contributed by atoms with Gasteiger partial charge in [-0.25, -0.2) is 4.98 Å². The van der Waals surface area contributed by atoms with E-state index in [1.54, 1.807) is 17.0 Å². The van der Waals surface area contributed by atoms with Crippen LogP contribution in [-0.2, 0) is 0 Å². The normalized spacial score (nSPS) is 12.0. The quantitative estimate of drug-likeness (QED) is 0.484. The molecule has 0 saturated heterocycles. The second-order valence-electron chi connectivity index (χ2n) is 6.67. The molecular weight excluding hydrogens is 356 g/mol. The van der Waals surface area contributed by atoms with Gasteiger partial charge in [0.05, 0.1) is 5.25 Å². The van der Waals surface area contributed by atoms with Gasteiger partial charge in [-0.3, -0.25) is 14.2 Å². The van der Waals surface area contributed by atoms with Gasteiger partial charge in [0, 0.05) is 23.6 Å². The molecule has 0 aliphatic rings. The van der Waals surface area contributed by atoms with E-state index in [0.29, 0.717) is 10.6 Å². The lowest BCUT2D eigenvalue weighted by Crippen LogP contribution is -2.23. The topological polar surface area (TPSA) is 52.0 Å². The van der Waals surface area contributed by atoms with Crippen LogP contribution < -0.4 is 5.56 Å². The van der Waals surface area contributed by atoms with Gasteiger partial charge in [-0.2, -0.15) is 0 Å². The van der Waals surface area contributed by atoms with Crippen LogP contribution in [0, 0.1) is 20.8 Å². The van der Waals surface area contributed by atoms with Crippen LogP contribution in [0.1, 0.15) is 34.0 Å². The van der Waals surface area contributed by atoms with Crippen LogP contribution in [0.5, 0.6) is 0 Å². The Balaban J connectivity index is 1.87. The SMILES string of the molecule is Cc1cccc(-n2ccnc(S[C@H](C)C(=O)c3ccc(C)c(C)c3)c2=O)c1. The molecule has 0 aliphatic heterocycles. The monoisotopic (exact) mass is 378 g/mol. The summed E-state index contributed by atoms with van der Waals surface area (Å²) in [5.74, 6) is -0.00439. The van der Waals surface area contributed by atoms with Gasteiger partial charge >= 0.3 is 0 Å². The maximum Gasteiger partial charge on any atom is 0.287 e. The van der Waals surface area contributed by atoms with Gasteiger partial charge in [0.25, 0.3) is 5.56 Å². The Bertz CT molecular complexity index is 1060. The highest BCUT2D eigenvalue weighted by atomic mass is 32.2. The number of nitrogens with zero attached hydrogens (tertiary/aromatic N) is 2. The average Bonchev–Trinajstić information content (AvgIpc) is 2.65. The number of Topliss-reactive ketones (excluding diaryl/α,β-unsaturated/α-hetero) is 1. The molecule has 0 bridgehead atoms. The van der Waals surface area contributed by atoms with E-state index >= 15 is 0 Å². The molecule has 0 aliphatic carbocycles. The molecule has 0 saturated carbocycles. The van der Waals surface area contributed by atoms with Crippen molar-refractivity contribution >= 4 is 17.5 Å². The molecule has 4 nitrogen and oxygen atoms in total. The number of rotatable bonds is 5. The van der Waals surface area contributed by atoms with E-state index in [2.05, 4.69) is 4.98 Å². The number of benzene rings is 2. The summed E-state index contributed by atoms with van der Waals surface area (Å²) in [6.07, 6.45) is 3.25. The first-order valence-corrected chi connectivity index (χ1v) is 9.67. The maximum atomic E-state index is 12.8. The Morgan fingerprint density at radius 1 is 1.07 bits per heavy atom. The highest BCUT2D eigenvalue weighted by Crippen LogP contribution is 2.23. The first kappa shape index (κ1) is 19.1. The number of hydrogen-bond acceptors (Lipinski definition) is 4. The zero-order valence-electron chi connectivity index (χ0n) is 15.9. The van der Waals surface area contributed by atoms with Gasteiger partial charge in [-0.05, 0) is 62.6 Å². The van der Waals surface area contributed by atoms with Crippen LogP contribution in [0.25, 0.3) is 5.69 Å². The van der Waals surface area contributed by atoms with Crippen molar-refractivity contribution in [2.45, 2.75) is 38.0 Å². The fourth-order valence-electron chi connectivity index (χ4n) is 2.81. The molecule has 138 valence electrons. The molecule has 3 rings (SSSR count). The van der Waals surface area contributed by atoms with E-state index in [1.807, 2.05) is 70.2 Å². The number of aryl methyl sites for hydroxylation is 3. The molecule has 1 aromatic heterocycles. The Hall–Kier alpha value is -2.66. The standard InChI is InChI=1S/C22H22N2O2S/c1-14-6-5-7-19(12-14)24-11-10-23-21(22(24)26)27-17(4)20(25)18-9-8-15(2)16(3)13-18/h5-13,17H,1-4H3/t17-/m1/s1. The zero-order valence-corrected chi connectivity index (χ0v) is 16.7. The van der Waals surface area contributed by atoms with Crippen LogP contribution in [0.4, 0.5) is 0 Å². The fraction of sp³-hybridized carbons (Fsp3) is 0.227. The predicted octanol–water partition coefficient (Wildman–Crippen LogP) is 4.52. The first-order chi connectivity index (χ1) is 12.9. The molecule has 27 heavy (non-hydrogen) atoms. The molecule has 0 N–H and O–H groups in total. The van der Waals surface area contributed by atoms with Crippen molar-refractivity contribution in [3.05, 3.63) is 87.5 Å². The predicted molar refractivity (Wildman–Crippen MR) is 110 cm³/mol. The number of aromatic nitrogens is 2. The summed E-state index contributed by atoms with van der Waals surface area (Å²) in [4.78, 5) is 29.8. The summed E-state index contributed by atoms with van der Waals surface area (Å²) in [5.41, 5.74) is 4.54. The Morgan fingerprint density at radius 3 is 2.56 bits per heavy atom. The lowest BCUT2D eigenvalue weighted by molar-refractivity contribution is 0.0994. The number of carbonyl (C=O) groups is 1. The highest BCUT2D eigenvalue weighted by Gasteiger charge is 2.20. The Morgan fingerprint density at radius 2 is 1.85 bits per heavy atom. The van der Waals surface area contributed by atoms with Gasteiger partial charge in [-0.1, -0.05) is 36.0 Å². The minimum absolute atomic E-state index is 0.00439. The molecule has 2 aromatic carbocycles. The van der Waals surface area contributed by atoms with E-state index in [-0.39, 0.29) is 11.3 Å². The lowest BCUT2D eigenvalue weighted by Gasteiger charge is -2.12. The summed E-state index contributed by atoms with van der Waals surface area (Å²) in [5, 5.41) is -0.0793. The third-order valence-electron chi connectivity index (χ3n) is 4.54. The van der Waals surface area contributed by atoms with Crippen LogP contribution >= 0.6 is 11.8 Å². The van der Waals surface area contributed by atoms with Crippen molar-refractivity contribution < 1.29 is 4.79 Å². The summed E-state index contributed by atoms with van der Waals surface area (Å²) in [6, 6.07) is 13.4. The second kappa shape index (κ2) is 7.92. The van der Waals surface area contributed by atoms with Crippen molar-refractivity contribution in [1.29, 1.82) is 0 Å². The number of ketones is 1. The molecule has 3 aromatic rings. The largest absolute Gasteiger partial charge is 0.293 e. The first-order valence-electron chi connectivity index (χ1n) is 8.79. The average molecular weight is 378 g/mol. The molecule has 0 unspecified atom stereocenters. The van der Waals surface area contributed by atoms with E-state index in [1.165, 1.54) is 11.8 Å². The van der Waals surface area contributed by atoms with E-state index in [4.69, 9.17) is 0 Å². The van der Waals surface area contributed by atoms with Crippen molar-refractivity contribution in [3.8, 4) is 5.69 Å². The molecule has 0 radical (unpaired) electrons. The summed E-state index contributed by atoms with van der Waals surface area (Å²) >= 11 is 1.20. The minimum atomic E-state index is -0.402. The van der Waals surface area contributed by atoms with Gasteiger partial charge in [-0.15, -0.1) is 0 Å². The van der Waals surface area contributed by atoms with Crippen LogP contribution in [-0.4, -0.2) is 20.6 Å². The summed E-state index contributed by atoms with van der Waals surface area (Å²) in [7, 11) is 0. The molecule has 1 atom stereocenters. The van der Waals surface area contributed by atoms with Crippen molar-refractivity contribution in [2.24, 2.45) is 0 Å². The maximum absolute atomic E-state index is 12.8. The smallest absolute Gasteiger partial charge is 0.287 e. The van der Waals surface area contributed by atoms with Gasteiger partial charge in [0.1, 0.15) is 0 Å². The van der Waals surface area contributed by atoms with Crippen molar-refractivity contribution in [3.63, 3.8) is 0 Å². The fourth-order valence-corrected chi connectivity index (χ4v) is 3.70. The van der Waals surface area contributed by atoms with Gasteiger partial charge < -0.3 is 0 Å². The lowest BCUT2D eigenvalue weighted by atomic mass is 10.0. The molecule has 0 fully saturated rings. The van der Waals surface area contributed by atoms with E-state index < -0.39 is 5.25 Å². The van der Waals surface area contributed by atoms with Gasteiger partial charge in [0.15, 0.2) is 10.8 Å². The van der Waals surface area contributed by atoms with Crippen molar-refractivity contribution in [1.82, 2.24) is 9.55 Å². The number of thioether (sulfide) groups is 1. The van der Waals surface area contributed by atoms with Crippen LogP contribution in [0.15, 0.2) is 64.7 Å². The Labute approximate surface area is 163 Å². The van der Waals surface area contributed by atoms with E-state index in [0.717, 1.165) is 22.4 Å². The molecule has 0 amide bonds. The molecule has 0 spiro atoms. The molecular formula is C22H22N2O2S. The number of carbonyl (C=O) groups excluding carboxylic acids is 1. The third kappa shape index (κ3) is 4.19. The molecule has 1 heterocycles. The van der Waals surface area contributed by atoms with Gasteiger partial charge in [0.2, 0.25) is 0 Å². The Kier molecular flexibility index (Phi) is 5.61. The van der Waals surface area contributed by atoms with Crippen LogP contribution in [0.2, 0.25) is 0 Å². The van der Waals surface area contributed by atoms with E-state index in [9.17, 15) is 9.59 Å². The summed E-state index contributed by atoms with van der Waals surface area (Å²) < 4.78 is 1.57. The van der Waals surface area contributed by atoms with Crippen molar-refractivity contribution in [2.75, 3.05) is 0 Å². The third-order valence-corrected chi connectivity index (χ3v) is 5.61. The number of hydrogen-bond donors (Lipinski definition) is 0. The minimum Gasteiger partial charge on any atom is -0.293 e. The van der Waals surface area contributed by atoms with Crippen LogP contribution in [0.3, 0.4) is 0 Å². The molecule has 5 heteroatoms.